The van der Waals surface area contributed by atoms with Gasteiger partial charge in [-0.3, -0.25) is 4.98 Å². The molecule has 15 heavy (non-hydrogen) atoms. The molecule has 1 heterocycles. The van der Waals surface area contributed by atoms with Crippen LogP contribution in [0.15, 0.2) is 18.5 Å². The second kappa shape index (κ2) is 6.31. The molecule has 1 atom stereocenters. The Morgan fingerprint density at radius 1 is 1.67 bits per heavy atom. The zero-order valence-electron chi connectivity index (χ0n) is 9.03. The Morgan fingerprint density at radius 2 is 2.47 bits per heavy atom. The van der Waals surface area contributed by atoms with E-state index in [9.17, 15) is 0 Å². The molecular formula is C11H15N3S. The van der Waals surface area contributed by atoms with Gasteiger partial charge in [0, 0.05) is 18.0 Å². The van der Waals surface area contributed by atoms with Gasteiger partial charge in [0.25, 0.3) is 0 Å². The number of hydrogen-bond donors (Lipinski definition) is 1. The Labute approximate surface area is 94.9 Å². The predicted molar refractivity (Wildman–Crippen MR) is 65.0 cm³/mol. The van der Waals surface area contributed by atoms with Crippen LogP contribution in [-0.4, -0.2) is 23.0 Å². The van der Waals surface area contributed by atoms with E-state index in [2.05, 4.69) is 29.5 Å². The van der Waals surface area contributed by atoms with Gasteiger partial charge in [-0.05, 0) is 18.7 Å². The molecule has 1 rings (SSSR count). The van der Waals surface area contributed by atoms with E-state index >= 15 is 0 Å². The van der Waals surface area contributed by atoms with Crippen molar-refractivity contribution in [1.82, 2.24) is 4.98 Å². The second-order valence-corrected chi connectivity index (χ2v) is 4.15. The van der Waals surface area contributed by atoms with Gasteiger partial charge in [-0.2, -0.15) is 17.0 Å². The first kappa shape index (κ1) is 11.9. The molecule has 0 saturated heterocycles. The van der Waals surface area contributed by atoms with Gasteiger partial charge in [0.1, 0.15) is 6.07 Å². The van der Waals surface area contributed by atoms with E-state index in [1.807, 2.05) is 0 Å². The maximum Gasteiger partial charge on any atom is 0.101 e. The lowest BCUT2D eigenvalue weighted by Gasteiger charge is -2.17. The van der Waals surface area contributed by atoms with Gasteiger partial charge >= 0.3 is 0 Å². The van der Waals surface area contributed by atoms with Gasteiger partial charge in [-0.25, -0.2) is 0 Å². The molecule has 80 valence electrons. The van der Waals surface area contributed by atoms with E-state index < -0.39 is 0 Å². The van der Waals surface area contributed by atoms with Crippen molar-refractivity contribution in [3.63, 3.8) is 0 Å². The van der Waals surface area contributed by atoms with Crippen LogP contribution in [0.2, 0.25) is 0 Å². The van der Waals surface area contributed by atoms with Crippen molar-refractivity contribution in [2.24, 2.45) is 0 Å². The molecule has 0 spiro atoms. The highest BCUT2D eigenvalue weighted by Crippen LogP contribution is 2.15. The highest BCUT2D eigenvalue weighted by Gasteiger charge is 2.07. The van der Waals surface area contributed by atoms with E-state index in [-0.39, 0.29) is 0 Å². The molecule has 0 saturated carbocycles. The summed E-state index contributed by atoms with van der Waals surface area (Å²) in [6.07, 6.45) is 6.47. The largest absolute Gasteiger partial charge is 0.379 e. The first-order valence-corrected chi connectivity index (χ1v) is 6.30. The lowest BCUT2D eigenvalue weighted by molar-refractivity contribution is 0.774. The lowest BCUT2D eigenvalue weighted by Crippen LogP contribution is -2.21. The van der Waals surface area contributed by atoms with Gasteiger partial charge in [-0.1, -0.05) is 6.92 Å². The van der Waals surface area contributed by atoms with Crippen molar-refractivity contribution in [3.05, 3.63) is 24.0 Å². The van der Waals surface area contributed by atoms with Crippen LogP contribution in [0.3, 0.4) is 0 Å². The Kier molecular flexibility index (Phi) is 4.99. The van der Waals surface area contributed by atoms with Gasteiger partial charge in [-0.15, -0.1) is 0 Å². The molecule has 1 unspecified atom stereocenters. The third kappa shape index (κ3) is 3.45. The van der Waals surface area contributed by atoms with Gasteiger partial charge in [0.15, 0.2) is 0 Å². The highest BCUT2D eigenvalue weighted by atomic mass is 32.2. The zero-order valence-corrected chi connectivity index (χ0v) is 9.84. The molecule has 3 nitrogen and oxygen atoms in total. The number of nitrogens with zero attached hydrogens (tertiary/aromatic N) is 2. The molecule has 0 aliphatic carbocycles. The third-order valence-corrected chi connectivity index (χ3v) is 2.90. The summed E-state index contributed by atoms with van der Waals surface area (Å²) in [6, 6.07) is 4.29. The molecule has 0 fully saturated rings. The summed E-state index contributed by atoms with van der Waals surface area (Å²) in [6.45, 7) is 2.14. The molecule has 0 aliphatic heterocycles. The highest BCUT2D eigenvalue weighted by molar-refractivity contribution is 7.98. The monoisotopic (exact) mass is 221 g/mol. The summed E-state index contributed by atoms with van der Waals surface area (Å²) in [5, 5.41) is 12.3. The predicted octanol–water partition coefficient (Wildman–Crippen LogP) is 2.51. The molecular weight excluding hydrogens is 206 g/mol. The third-order valence-electron chi connectivity index (χ3n) is 2.16. The van der Waals surface area contributed by atoms with Crippen molar-refractivity contribution >= 4 is 17.4 Å². The van der Waals surface area contributed by atoms with Crippen LogP contribution < -0.4 is 5.32 Å². The number of aromatic nitrogens is 1. The maximum absolute atomic E-state index is 8.91. The minimum absolute atomic E-state index is 0.399. The summed E-state index contributed by atoms with van der Waals surface area (Å²) in [5.41, 5.74) is 1.49. The van der Waals surface area contributed by atoms with Crippen LogP contribution in [0.4, 0.5) is 5.69 Å². The van der Waals surface area contributed by atoms with Crippen LogP contribution in [0.25, 0.3) is 0 Å². The first-order valence-electron chi connectivity index (χ1n) is 4.91. The number of rotatable bonds is 5. The molecule has 0 aromatic carbocycles. The SMILES string of the molecule is CCC(CSC)Nc1cnccc1C#N. The van der Waals surface area contributed by atoms with Crippen molar-refractivity contribution in [2.45, 2.75) is 19.4 Å². The van der Waals surface area contributed by atoms with Crippen LogP contribution in [-0.2, 0) is 0 Å². The molecule has 1 N–H and O–H groups in total. The number of pyridine rings is 1. The number of thioether (sulfide) groups is 1. The minimum Gasteiger partial charge on any atom is -0.379 e. The fourth-order valence-corrected chi connectivity index (χ4v) is 2.01. The topological polar surface area (TPSA) is 48.7 Å². The summed E-state index contributed by atoms with van der Waals surface area (Å²) in [4.78, 5) is 4.02. The van der Waals surface area contributed by atoms with E-state index in [0.29, 0.717) is 11.6 Å². The molecule has 0 amide bonds. The molecule has 4 heteroatoms. The Balaban J connectivity index is 2.74. The summed E-state index contributed by atoms with van der Waals surface area (Å²) >= 11 is 1.80. The Hall–Kier alpha value is -1.21. The van der Waals surface area contributed by atoms with Crippen molar-refractivity contribution in [3.8, 4) is 6.07 Å². The number of anilines is 1. The van der Waals surface area contributed by atoms with Gasteiger partial charge in [0.05, 0.1) is 17.4 Å². The Bertz CT molecular complexity index is 346. The van der Waals surface area contributed by atoms with Crippen LogP contribution in [0.1, 0.15) is 18.9 Å². The minimum atomic E-state index is 0.399. The van der Waals surface area contributed by atoms with E-state index in [1.54, 1.807) is 30.2 Å². The fraction of sp³-hybridized carbons (Fsp3) is 0.455. The van der Waals surface area contributed by atoms with Crippen LogP contribution in [0, 0.1) is 11.3 Å². The van der Waals surface area contributed by atoms with E-state index in [0.717, 1.165) is 17.9 Å². The van der Waals surface area contributed by atoms with Crippen molar-refractivity contribution in [2.75, 3.05) is 17.3 Å². The molecule has 1 aromatic rings. The second-order valence-electron chi connectivity index (χ2n) is 3.24. The molecule has 0 radical (unpaired) electrons. The van der Waals surface area contributed by atoms with Gasteiger partial charge in [0.2, 0.25) is 0 Å². The summed E-state index contributed by atoms with van der Waals surface area (Å²) in [5.74, 6) is 1.04. The van der Waals surface area contributed by atoms with Gasteiger partial charge < -0.3 is 5.32 Å². The number of nitriles is 1. The smallest absolute Gasteiger partial charge is 0.101 e. The molecule has 0 bridgehead atoms. The standard InChI is InChI=1S/C11H15N3S/c1-3-10(8-15-2)14-11-7-13-5-4-9(11)6-12/h4-5,7,10,14H,3,8H2,1-2H3. The average molecular weight is 221 g/mol. The summed E-state index contributed by atoms with van der Waals surface area (Å²) in [7, 11) is 0. The van der Waals surface area contributed by atoms with Crippen LogP contribution >= 0.6 is 11.8 Å². The number of hydrogen-bond acceptors (Lipinski definition) is 4. The van der Waals surface area contributed by atoms with E-state index in [1.165, 1.54) is 0 Å². The molecule has 0 aliphatic rings. The fourth-order valence-electron chi connectivity index (χ4n) is 1.29. The first-order chi connectivity index (χ1) is 7.31. The molecule has 1 aromatic heterocycles. The van der Waals surface area contributed by atoms with Crippen molar-refractivity contribution in [1.29, 1.82) is 5.26 Å². The quantitative estimate of drug-likeness (QED) is 0.830. The zero-order chi connectivity index (χ0) is 11.1. The van der Waals surface area contributed by atoms with Crippen molar-refractivity contribution < 1.29 is 0 Å². The van der Waals surface area contributed by atoms with Crippen LogP contribution in [0.5, 0.6) is 0 Å². The van der Waals surface area contributed by atoms with E-state index in [4.69, 9.17) is 5.26 Å². The normalized spacial score (nSPS) is 11.8. The number of nitrogens with one attached hydrogen (secondary N) is 1. The Morgan fingerprint density at radius 3 is 3.07 bits per heavy atom. The maximum atomic E-state index is 8.91. The lowest BCUT2D eigenvalue weighted by atomic mass is 10.2. The summed E-state index contributed by atoms with van der Waals surface area (Å²) < 4.78 is 0. The average Bonchev–Trinajstić information content (AvgIpc) is 2.29.